The molecule has 72 valence electrons. The summed E-state index contributed by atoms with van der Waals surface area (Å²) in [4.78, 5) is 0. The maximum Gasteiger partial charge on any atom is 0.0521 e. The van der Waals surface area contributed by atoms with Crippen LogP contribution in [0.2, 0.25) is 0 Å². The number of hydrogen-bond acceptors (Lipinski definition) is 3. The van der Waals surface area contributed by atoms with Crippen LogP contribution in [0.5, 0.6) is 0 Å². The maximum atomic E-state index is 9.17. The first-order chi connectivity index (χ1) is 5.54. The number of piperidine rings is 1. The molecule has 0 aromatic heterocycles. The van der Waals surface area contributed by atoms with E-state index in [0.717, 1.165) is 19.5 Å². The van der Waals surface area contributed by atoms with E-state index in [0.29, 0.717) is 0 Å². The molecule has 0 unspecified atom stereocenters. The van der Waals surface area contributed by atoms with Crippen LogP contribution in [0.4, 0.5) is 0 Å². The van der Waals surface area contributed by atoms with E-state index in [-0.39, 0.29) is 24.0 Å². The Balaban J connectivity index is 2.65. The van der Waals surface area contributed by atoms with E-state index in [1.54, 1.807) is 0 Å². The molecule has 1 aliphatic rings. The molecule has 1 heterocycles. The van der Waals surface area contributed by atoms with Gasteiger partial charge in [0, 0.05) is 18.5 Å². The van der Waals surface area contributed by atoms with Gasteiger partial charge in [-0.05, 0) is 11.8 Å². The van der Waals surface area contributed by atoms with E-state index in [1.807, 2.05) is 0 Å². The predicted molar refractivity (Wildman–Crippen MR) is 47.9 cm³/mol. The second kappa shape index (κ2) is 3.32. The van der Waals surface area contributed by atoms with Gasteiger partial charge in [0.2, 0.25) is 0 Å². The molecule has 0 aromatic rings. The molecule has 0 bridgehead atoms. The summed E-state index contributed by atoms with van der Waals surface area (Å²) >= 11 is 0. The van der Waals surface area contributed by atoms with Crippen LogP contribution in [0.3, 0.4) is 0 Å². The van der Waals surface area contributed by atoms with E-state index in [2.05, 4.69) is 19.2 Å². The summed E-state index contributed by atoms with van der Waals surface area (Å²) in [5.41, 5.74) is -0.120. The Hall–Kier alpha value is -0.120. The molecule has 0 atom stereocenters. The van der Waals surface area contributed by atoms with E-state index < -0.39 is 0 Å². The fourth-order valence-electron chi connectivity index (χ4n) is 2.08. The highest BCUT2D eigenvalue weighted by Gasteiger charge is 2.38. The van der Waals surface area contributed by atoms with E-state index in [4.69, 9.17) is 0 Å². The lowest BCUT2D eigenvalue weighted by molar-refractivity contribution is -0.00529. The summed E-state index contributed by atoms with van der Waals surface area (Å²) in [6, 6.07) is 0. The van der Waals surface area contributed by atoms with Crippen LogP contribution < -0.4 is 5.32 Å². The van der Waals surface area contributed by atoms with Crippen LogP contribution in [0, 0.1) is 10.8 Å². The van der Waals surface area contributed by atoms with E-state index in [9.17, 15) is 10.2 Å². The molecule has 0 aliphatic carbocycles. The first-order valence-electron chi connectivity index (χ1n) is 4.46. The Labute approximate surface area is 73.8 Å². The summed E-state index contributed by atoms with van der Waals surface area (Å²) in [6.07, 6.45) is 0.889. The normalized spacial score (nSPS) is 27.0. The molecular weight excluding hydrogens is 154 g/mol. The minimum Gasteiger partial charge on any atom is -0.396 e. The van der Waals surface area contributed by atoms with Crippen molar-refractivity contribution in [2.75, 3.05) is 26.3 Å². The molecule has 3 nitrogen and oxygen atoms in total. The number of nitrogens with one attached hydrogen (secondary N) is 1. The molecule has 1 rings (SSSR count). The topological polar surface area (TPSA) is 52.5 Å². The fraction of sp³-hybridized carbons (Fsp3) is 1.00. The van der Waals surface area contributed by atoms with Crippen molar-refractivity contribution in [2.45, 2.75) is 20.3 Å². The van der Waals surface area contributed by atoms with Crippen molar-refractivity contribution in [1.29, 1.82) is 0 Å². The number of aliphatic hydroxyl groups excluding tert-OH is 2. The summed E-state index contributed by atoms with van der Waals surface area (Å²) in [6.45, 7) is 6.14. The van der Waals surface area contributed by atoms with Crippen molar-refractivity contribution in [3.63, 3.8) is 0 Å². The minimum atomic E-state index is -0.304. The smallest absolute Gasteiger partial charge is 0.0521 e. The summed E-state index contributed by atoms with van der Waals surface area (Å²) in [5, 5.41) is 21.6. The highest BCUT2D eigenvalue weighted by Crippen LogP contribution is 2.35. The van der Waals surface area contributed by atoms with Gasteiger partial charge in [-0.2, -0.15) is 0 Å². The van der Waals surface area contributed by atoms with Crippen molar-refractivity contribution < 1.29 is 10.2 Å². The molecular formula is C9H19NO2. The highest BCUT2D eigenvalue weighted by atomic mass is 16.3. The standard InChI is InChI=1S/C9H19NO2/c1-8(2)3-9(6-11,7-12)5-10-4-8/h10-12H,3-7H2,1-2H3. The Bertz CT molecular complexity index is 153. The third kappa shape index (κ3) is 1.97. The molecule has 0 aromatic carbocycles. The van der Waals surface area contributed by atoms with Crippen LogP contribution in [0.25, 0.3) is 0 Å². The van der Waals surface area contributed by atoms with Crippen LogP contribution in [-0.4, -0.2) is 36.5 Å². The molecule has 1 fully saturated rings. The molecule has 3 N–H and O–H groups in total. The highest BCUT2D eigenvalue weighted by molar-refractivity contribution is 4.92. The van der Waals surface area contributed by atoms with Gasteiger partial charge >= 0.3 is 0 Å². The molecule has 1 saturated heterocycles. The minimum absolute atomic E-state index is 0.0694. The summed E-state index contributed by atoms with van der Waals surface area (Å²) in [7, 11) is 0. The van der Waals surface area contributed by atoms with Crippen molar-refractivity contribution in [1.82, 2.24) is 5.32 Å². The molecule has 3 heteroatoms. The Kier molecular flexibility index (Phi) is 2.76. The van der Waals surface area contributed by atoms with Gasteiger partial charge in [0.25, 0.3) is 0 Å². The lowest BCUT2D eigenvalue weighted by Gasteiger charge is -2.43. The average Bonchev–Trinajstić information content (AvgIpc) is 2.02. The van der Waals surface area contributed by atoms with Gasteiger partial charge in [-0.3, -0.25) is 0 Å². The number of rotatable bonds is 2. The molecule has 0 radical (unpaired) electrons. The zero-order valence-corrected chi connectivity index (χ0v) is 7.93. The lowest BCUT2D eigenvalue weighted by atomic mass is 9.70. The van der Waals surface area contributed by atoms with Crippen LogP contribution in [-0.2, 0) is 0 Å². The second-order valence-corrected chi connectivity index (χ2v) is 4.76. The quantitative estimate of drug-likeness (QED) is 0.550. The van der Waals surface area contributed by atoms with Gasteiger partial charge in [0.15, 0.2) is 0 Å². The SMILES string of the molecule is CC1(C)CNCC(CO)(CO)C1. The van der Waals surface area contributed by atoms with E-state index >= 15 is 0 Å². The third-order valence-corrected chi connectivity index (χ3v) is 2.63. The molecule has 1 aliphatic heterocycles. The monoisotopic (exact) mass is 173 g/mol. The first kappa shape index (κ1) is 9.96. The Morgan fingerprint density at radius 1 is 1.17 bits per heavy atom. The van der Waals surface area contributed by atoms with Gasteiger partial charge in [-0.1, -0.05) is 13.8 Å². The maximum absolute atomic E-state index is 9.17. The summed E-state index contributed by atoms with van der Waals surface area (Å²) in [5.74, 6) is 0. The third-order valence-electron chi connectivity index (χ3n) is 2.63. The molecule has 12 heavy (non-hydrogen) atoms. The van der Waals surface area contributed by atoms with Crippen molar-refractivity contribution in [2.24, 2.45) is 10.8 Å². The average molecular weight is 173 g/mol. The predicted octanol–water partition coefficient (Wildman–Crippen LogP) is -0.0231. The van der Waals surface area contributed by atoms with Crippen LogP contribution in [0.15, 0.2) is 0 Å². The van der Waals surface area contributed by atoms with E-state index in [1.165, 1.54) is 0 Å². The zero-order chi connectivity index (χ0) is 9.24. The van der Waals surface area contributed by atoms with Gasteiger partial charge in [0.1, 0.15) is 0 Å². The fourth-order valence-corrected chi connectivity index (χ4v) is 2.08. The van der Waals surface area contributed by atoms with Crippen molar-refractivity contribution in [3.05, 3.63) is 0 Å². The van der Waals surface area contributed by atoms with Gasteiger partial charge in [-0.15, -0.1) is 0 Å². The van der Waals surface area contributed by atoms with Crippen molar-refractivity contribution >= 4 is 0 Å². The largest absolute Gasteiger partial charge is 0.396 e. The number of aliphatic hydroxyl groups is 2. The Morgan fingerprint density at radius 3 is 2.08 bits per heavy atom. The molecule has 0 amide bonds. The number of hydrogen-bond donors (Lipinski definition) is 3. The molecule has 0 spiro atoms. The molecule has 0 saturated carbocycles. The van der Waals surface area contributed by atoms with Crippen LogP contribution >= 0.6 is 0 Å². The van der Waals surface area contributed by atoms with Gasteiger partial charge < -0.3 is 15.5 Å². The van der Waals surface area contributed by atoms with Crippen molar-refractivity contribution in [3.8, 4) is 0 Å². The van der Waals surface area contributed by atoms with Gasteiger partial charge in [0.05, 0.1) is 13.2 Å². The lowest BCUT2D eigenvalue weighted by Crippen LogP contribution is -2.51. The zero-order valence-electron chi connectivity index (χ0n) is 7.93. The Morgan fingerprint density at radius 2 is 1.75 bits per heavy atom. The second-order valence-electron chi connectivity index (χ2n) is 4.76. The first-order valence-corrected chi connectivity index (χ1v) is 4.46. The van der Waals surface area contributed by atoms with Gasteiger partial charge in [-0.25, -0.2) is 0 Å². The van der Waals surface area contributed by atoms with Crippen LogP contribution in [0.1, 0.15) is 20.3 Å². The summed E-state index contributed by atoms with van der Waals surface area (Å²) < 4.78 is 0.